The quantitative estimate of drug-likeness (QED) is 0.817. The summed E-state index contributed by atoms with van der Waals surface area (Å²) in [5.74, 6) is -4.93. The second-order valence-electron chi connectivity index (χ2n) is 4.96. The van der Waals surface area contributed by atoms with E-state index < -0.39 is 24.9 Å². The first-order valence-corrected chi connectivity index (χ1v) is 6.75. The molecule has 1 amide bonds. The third-order valence-electron chi connectivity index (χ3n) is 3.21. The molecule has 0 aliphatic carbocycles. The van der Waals surface area contributed by atoms with Gasteiger partial charge in [0, 0.05) is 18.8 Å². The molecular formula is C14H14F4N4O2. The van der Waals surface area contributed by atoms with Crippen molar-refractivity contribution in [2.24, 2.45) is 7.05 Å². The molecule has 10 heteroatoms. The van der Waals surface area contributed by atoms with Gasteiger partial charge >= 0.3 is 12.3 Å². The molecule has 2 aromatic heterocycles. The lowest BCUT2D eigenvalue weighted by Crippen LogP contribution is -2.33. The normalized spacial score (nSPS) is 11.6. The van der Waals surface area contributed by atoms with Gasteiger partial charge in [-0.3, -0.25) is 9.48 Å². The van der Waals surface area contributed by atoms with Gasteiger partial charge in [0.1, 0.15) is 0 Å². The van der Waals surface area contributed by atoms with Crippen molar-refractivity contribution in [2.45, 2.75) is 19.3 Å². The van der Waals surface area contributed by atoms with Crippen molar-refractivity contribution in [1.82, 2.24) is 14.8 Å². The zero-order valence-corrected chi connectivity index (χ0v) is 12.8. The maximum Gasteiger partial charge on any atom is 0.340 e. The minimum atomic E-state index is -4.26. The van der Waals surface area contributed by atoms with E-state index in [1.165, 1.54) is 29.2 Å². The number of aryl methyl sites for hydroxylation is 1. The van der Waals surface area contributed by atoms with Crippen molar-refractivity contribution >= 4 is 11.6 Å². The molecule has 1 N–H and O–H groups in total. The lowest BCUT2D eigenvalue weighted by molar-refractivity contribution is -0.148. The molecular weight excluding hydrogens is 332 g/mol. The molecule has 130 valence electrons. The van der Waals surface area contributed by atoms with Crippen LogP contribution in [0.3, 0.4) is 0 Å². The number of ether oxygens (including phenoxy) is 1. The van der Waals surface area contributed by atoms with Gasteiger partial charge in [0.2, 0.25) is 5.88 Å². The Labute approximate surface area is 134 Å². The van der Waals surface area contributed by atoms with Crippen LogP contribution in [0.15, 0.2) is 24.5 Å². The number of rotatable bonds is 6. The maximum atomic E-state index is 12.7. The number of alkyl halides is 4. The molecule has 0 aliphatic rings. The number of anilines is 1. The Morgan fingerprint density at radius 1 is 1.38 bits per heavy atom. The van der Waals surface area contributed by atoms with Gasteiger partial charge in [-0.25, -0.2) is 13.8 Å². The van der Waals surface area contributed by atoms with Crippen molar-refractivity contribution in [2.75, 3.05) is 11.9 Å². The number of hydrogen-bond donors (Lipinski definition) is 1. The summed E-state index contributed by atoms with van der Waals surface area (Å²) in [6.45, 7) is 0.235. The van der Waals surface area contributed by atoms with Crippen LogP contribution < -0.4 is 10.1 Å². The summed E-state index contributed by atoms with van der Waals surface area (Å²) in [6, 6.07) is 2.54. The average molecular weight is 346 g/mol. The lowest BCUT2D eigenvalue weighted by atomic mass is 10.2. The Hall–Kier alpha value is -2.65. The standard InChI is InChI=1S/C14H14F4N4O2/c1-8-10(6-20-22(8)2)12(23)21-9-3-4-11(19-5-9)24-7-14(17,18)13(15)16/h3-6,13H,7H2,1-2H3,(H,21,23). The molecule has 24 heavy (non-hydrogen) atoms. The molecule has 0 aliphatic heterocycles. The SMILES string of the molecule is Cc1c(C(=O)Nc2ccc(OCC(F)(F)C(F)F)nc2)cnn1C. The summed E-state index contributed by atoms with van der Waals surface area (Å²) in [5.41, 5.74) is 1.32. The number of aromatic nitrogens is 3. The average Bonchev–Trinajstić information content (AvgIpc) is 2.86. The fourth-order valence-corrected chi connectivity index (χ4v) is 1.69. The number of hydrogen-bond acceptors (Lipinski definition) is 4. The van der Waals surface area contributed by atoms with E-state index >= 15 is 0 Å². The lowest BCUT2D eigenvalue weighted by Gasteiger charge is -2.15. The van der Waals surface area contributed by atoms with E-state index in [1.807, 2.05) is 0 Å². The van der Waals surface area contributed by atoms with Crippen LogP contribution in [0.5, 0.6) is 5.88 Å². The van der Waals surface area contributed by atoms with Crippen LogP contribution >= 0.6 is 0 Å². The van der Waals surface area contributed by atoms with Crippen LogP contribution in [0.2, 0.25) is 0 Å². The summed E-state index contributed by atoms with van der Waals surface area (Å²) < 4.78 is 55.6. The van der Waals surface area contributed by atoms with E-state index in [0.717, 1.165) is 0 Å². The van der Waals surface area contributed by atoms with Crippen molar-refractivity contribution in [3.63, 3.8) is 0 Å². The molecule has 0 saturated carbocycles. The van der Waals surface area contributed by atoms with Crippen LogP contribution in [0.4, 0.5) is 23.2 Å². The van der Waals surface area contributed by atoms with Gasteiger partial charge in [-0.2, -0.15) is 13.9 Å². The van der Waals surface area contributed by atoms with Gasteiger partial charge in [0.15, 0.2) is 6.61 Å². The number of halogens is 4. The third-order valence-corrected chi connectivity index (χ3v) is 3.21. The van der Waals surface area contributed by atoms with Gasteiger partial charge in [-0.1, -0.05) is 0 Å². The molecule has 2 aromatic rings. The molecule has 6 nitrogen and oxygen atoms in total. The minimum absolute atomic E-state index is 0.258. The Bertz CT molecular complexity index is 716. The molecule has 2 heterocycles. The molecule has 0 atom stereocenters. The highest BCUT2D eigenvalue weighted by Gasteiger charge is 2.41. The highest BCUT2D eigenvalue weighted by molar-refractivity contribution is 6.04. The fraction of sp³-hybridized carbons (Fsp3) is 0.357. The minimum Gasteiger partial charge on any atom is -0.471 e. The van der Waals surface area contributed by atoms with Gasteiger partial charge < -0.3 is 10.1 Å². The zero-order chi connectivity index (χ0) is 17.9. The van der Waals surface area contributed by atoms with Crippen LogP contribution in [0, 0.1) is 6.92 Å². The second-order valence-corrected chi connectivity index (χ2v) is 4.96. The molecule has 0 saturated heterocycles. The van der Waals surface area contributed by atoms with Crippen LogP contribution in [-0.4, -0.2) is 39.6 Å². The Balaban J connectivity index is 1.97. The summed E-state index contributed by atoms with van der Waals surface area (Å²) in [6.07, 6.45) is -1.25. The van der Waals surface area contributed by atoms with Crippen LogP contribution in [0.1, 0.15) is 16.1 Å². The Morgan fingerprint density at radius 3 is 2.58 bits per heavy atom. The van der Waals surface area contributed by atoms with E-state index in [-0.39, 0.29) is 11.6 Å². The second kappa shape index (κ2) is 6.85. The molecule has 0 radical (unpaired) electrons. The van der Waals surface area contributed by atoms with Crippen molar-refractivity contribution in [3.05, 3.63) is 35.8 Å². The largest absolute Gasteiger partial charge is 0.471 e. The highest BCUT2D eigenvalue weighted by atomic mass is 19.3. The van der Waals surface area contributed by atoms with Crippen molar-refractivity contribution in [3.8, 4) is 5.88 Å². The van der Waals surface area contributed by atoms with Crippen LogP contribution in [-0.2, 0) is 7.05 Å². The third kappa shape index (κ3) is 4.00. The number of pyridine rings is 1. The predicted octanol–water partition coefficient (Wildman–Crippen LogP) is 2.66. The smallest absolute Gasteiger partial charge is 0.340 e. The van der Waals surface area contributed by atoms with Gasteiger partial charge in [-0.05, 0) is 13.0 Å². The first-order chi connectivity index (χ1) is 11.2. The molecule has 0 aromatic carbocycles. The summed E-state index contributed by atoms with van der Waals surface area (Å²) in [5, 5.41) is 6.49. The number of nitrogens with zero attached hydrogens (tertiary/aromatic N) is 3. The first-order valence-electron chi connectivity index (χ1n) is 6.75. The molecule has 0 bridgehead atoms. The number of amides is 1. The topological polar surface area (TPSA) is 69.0 Å². The highest BCUT2D eigenvalue weighted by Crippen LogP contribution is 2.24. The monoisotopic (exact) mass is 346 g/mol. The van der Waals surface area contributed by atoms with E-state index in [1.54, 1.807) is 14.0 Å². The number of nitrogens with one attached hydrogen (secondary N) is 1. The summed E-state index contributed by atoms with van der Waals surface area (Å²) in [7, 11) is 1.69. The van der Waals surface area contributed by atoms with E-state index in [0.29, 0.717) is 11.3 Å². The Morgan fingerprint density at radius 2 is 2.08 bits per heavy atom. The van der Waals surface area contributed by atoms with E-state index in [9.17, 15) is 22.4 Å². The van der Waals surface area contributed by atoms with Gasteiger partial charge in [-0.15, -0.1) is 0 Å². The molecule has 0 unspecified atom stereocenters. The first kappa shape index (κ1) is 17.7. The molecule has 0 spiro atoms. The number of carbonyl (C=O) groups excluding carboxylic acids is 1. The van der Waals surface area contributed by atoms with Crippen molar-refractivity contribution in [1.29, 1.82) is 0 Å². The van der Waals surface area contributed by atoms with Gasteiger partial charge in [0.05, 0.1) is 23.6 Å². The molecule has 2 rings (SSSR count). The van der Waals surface area contributed by atoms with E-state index in [4.69, 9.17) is 0 Å². The van der Waals surface area contributed by atoms with Crippen molar-refractivity contribution < 1.29 is 27.1 Å². The summed E-state index contributed by atoms with van der Waals surface area (Å²) >= 11 is 0. The molecule has 0 fully saturated rings. The van der Waals surface area contributed by atoms with Crippen LogP contribution in [0.25, 0.3) is 0 Å². The number of carbonyl (C=O) groups is 1. The maximum absolute atomic E-state index is 12.7. The predicted molar refractivity (Wildman–Crippen MR) is 76.6 cm³/mol. The zero-order valence-electron chi connectivity index (χ0n) is 12.8. The van der Waals surface area contributed by atoms with Gasteiger partial charge in [0.25, 0.3) is 5.91 Å². The summed E-state index contributed by atoms with van der Waals surface area (Å²) in [4.78, 5) is 15.7. The Kier molecular flexibility index (Phi) is 5.05. The van der Waals surface area contributed by atoms with E-state index in [2.05, 4.69) is 20.1 Å². The fourth-order valence-electron chi connectivity index (χ4n) is 1.69.